The third-order valence-corrected chi connectivity index (χ3v) is 5.87. The first-order valence-electron chi connectivity index (χ1n) is 8.72. The Morgan fingerprint density at radius 1 is 0.615 bits per heavy atom. The van der Waals surface area contributed by atoms with E-state index in [9.17, 15) is 0 Å². The minimum atomic E-state index is 1.11. The van der Waals surface area contributed by atoms with E-state index in [1.807, 2.05) is 17.4 Å². The lowest BCUT2D eigenvalue weighted by molar-refractivity contribution is 1.58. The van der Waals surface area contributed by atoms with Crippen molar-refractivity contribution in [2.24, 2.45) is 0 Å². The zero-order chi connectivity index (χ0) is 17.3. The summed E-state index contributed by atoms with van der Waals surface area (Å²) in [4.78, 5) is 0. The van der Waals surface area contributed by atoms with E-state index in [1.54, 1.807) is 0 Å². The molecule has 0 aliphatic heterocycles. The van der Waals surface area contributed by atoms with E-state index in [4.69, 9.17) is 0 Å². The number of hydrogen-bond acceptors (Lipinski definition) is 2. The van der Waals surface area contributed by atoms with Gasteiger partial charge in [0.2, 0.25) is 0 Å². The molecule has 124 valence electrons. The number of fused-ring (bicyclic) bond motifs is 3. The van der Waals surface area contributed by atoms with Crippen LogP contribution in [0.1, 0.15) is 0 Å². The molecule has 0 radical (unpaired) electrons. The smallest absolute Gasteiger partial charge is 0.0596 e. The van der Waals surface area contributed by atoms with Crippen molar-refractivity contribution in [3.63, 3.8) is 0 Å². The van der Waals surface area contributed by atoms with E-state index in [2.05, 4.69) is 96.3 Å². The first-order chi connectivity index (χ1) is 12.9. The normalized spacial score (nSPS) is 11.1. The topological polar surface area (TPSA) is 12.0 Å². The SMILES string of the molecule is c1ccc(Nc2ccc(-c3ccccc3)c3c2sc2ccccc23)cc1. The minimum Gasteiger partial charge on any atom is -0.354 e. The zero-order valence-electron chi connectivity index (χ0n) is 14.1. The summed E-state index contributed by atoms with van der Waals surface area (Å²) in [6, 6.07) is 34.1. The van der Waals surface area contributed by atoms with Crippen molar-refractivity contribution >= 4 is 42.9 Å². The highest BCUT2D eigenvalue weighted by molar-refractivity contribution is 7.26. The molecule has 5 aromatic rings. The maximum absolute atomic E-state index is 3.60. The number of para-hydroxylation sites is 1. The molecule has 5 rings (SSSR count). The van der Waals surface area contributed by atoms with Gasteiger partial charge in [-0.05, 0) is 35.4 Å². The van der Waals surface area contributed by atoms with Crippen molar-refractivity contribution in [3.8, 4) is 11.1 Å². The molecule has 0 saturated carbocycles. The lowest BCUT2D eigenvalue weighted by Gasteiger charge is -2.11. The van der Waals surface area contributed by atoms with Crippen LogP contribution in [0.25, 0.3) is 31.3 Å². The third kappa shape index (κ3) is 2.56. The highest BCUT2D eigenvalue weighted by Crippen LogP contribution is 2.44. The van der Waals surface area contributed by atoms with Crippen LogP contribution >= 0.6 is 11.3 Å². The largest absolute Gasteiger partial charge is 0.354 e. The zero-order valence-corrected chi connectivity index (χ0v) is 15.0. The maximum Gasteiger partial charge on any atom is 0.0596 e. The van der Waals surface area contributed by atoms with E-state index in [0.717, 1.165) is 11.4 Å². The quantitative estimate of drug-likeness (QED) is 0.355. The number of hydrogen-bond donors (Lipinski definition) is 1. The predicted molar refractivity (Wildman–Crippen MR) is 114 cm³/mol. The first-order valence-corrected chi connectivity index (χ1v) is 9.53. The fourth-order valence-corrected chi connectivity index (χ4v) is 4.66. The fraction of sp³-hybridized carbons (Fsp3) is 0. The van der Waals surface area contributed by atoms with Crippen LogP contribution in [0.15, 0.2) is 97.1 Å². The number of thiophene rings is 1. The van der Waals surface area contributed by atoms with E-state index < -0.39 is 0 Å². The number of benzene rings is 4. The Morgan fingerprint density at radius 2 is 1.31 bits per heavy atom. The van der Waals surface area contributed by atoms with E-state index in [0.29, 0.717) is 0 Å². The van der Waals surface area contributed by atoms with Crippen LogP contribution in [-0.2, 0) is 0 Å². The van der Waals surface area contributed by atoms with Crippen LogP contribution in [0.2, 0.25) is 0 Å². The van der Waals surface area contributed by atoms with Crippen molar-refractivity contribution in [1.29, 1.82) is 0 Å². The van der Waals surface area contributed by atoms with Gasteiger partial charge in [-0.1, -0.05) is 72.8 Å². The summed E-state index contributed by atoms with van der Waals surface area (Å²) in [5.74, 6) is 0. The highest BCUT2D eigenvalue weighted by atomic mass is 32.1. The van der Waals surface area contributed by atoms with E-state index in [1.165, 1.54) is 31.3 Å². The van der Waals surface area contributed by atoms with Gasteiger partial charge in [0.1, 0.15) is 0 Å². The Labute approximate surface area is 156 Å². The molecule has 0 saturated heterocycles. The molecule has 4 aromatic carbocycles. The second kappa shape index (κ2) is 6.32. The van der Waals surface area contributed by atoms with Gasteiger partial charge in [0.25, 0.3) is 0 Å². The Balaban J connectivity index is 1.79. The van der Waals surface area contributed by atoms with Gasteiger partial charge < -0.3 is 5.32 Å². The maximum atomic E-state index is 3.60. The molecule has 0 bridgehead atoms. The number of rotatable bonds is 3. The molecule has 1 heterocycles. The average Bonchev–Trinajstić information content (AvgIpc) is 3.10. The molecule has 0 amide bonds. The van der Waals surface area contributed by atoms with Gasteiger partial charge in [0.05, 0.1) is 10.4 Å². The van der Waals surface area contributed by atoms with E-state index in [-0.39, 0.29) is 0 Å². The molecule has 1 nitrogen and oxygen atoms in total. The lowest BCUT2D eigenvalue weighted by Crippen LogP contribution is -1.90. The van der Waals surface area contributed by atoms with Gasteiger partial charge >= 0.3 is 0 Å². The van der Waals surface area contributed by atoms with Gasteiger partial charge in [0, 0.05) is 21.2 Å². The molecular weight excluding hydrogens is 334 g/mol. The molecule has 26 heavy (non-hydrogen) atoms. The number of nitrogens with one attached hydrogen (secondary N) is 1. The summed E-state index contributed by atoms with van der Waals surface area (Å²) in [5, 5.41) is 6.25. The summed E-state index contributed by atoms with van der Waals surface area (Å²) < 4.78 is 2.62. The van der Waals surface area contributed by atoms with Crippen LogP contribution in [-0.4, -0.2) is 0 Å². The van der Waals surface area contributed by atoms with Crippen molar-refractivity contribution in [2.75, 3.05) is 5.32 Å². The minimum absolute atomic E-state index is 1.11. The van der Waals surface area contributed by atoms with Gasteiger partial charge in [-0.3, -0.25) is 0 Å². The van der Waals surface area contributed by atoms with Gasteiger partial charge in [-0.15, -0.1) is 11.3 Å². The first kappa shape index (κ1) is 15.2. The van der Waals surface area contributed by atoms with Crippen molar-refractivity contribution in [3.05, 3.63) is 97.1 Å². The number of anilines is 2. The molecule has 0 atom stereocenters. The molecule has 0 fully saturated rings. The van der Waals surface area contributed by atoms with Gasteiger partial charge in [0.15, 0.2) is 0 Å². The van der Waals surface area contributed by atoms with Crippen molar-refractivity contribution in [2.45, 2.75) is 0 Å². The molecule has 0 aliphatic carbocycles. The monoisotopic (exact) mass is 351 g/mol. The second-order valence-corrected chi connectivity index (χ2v) is 7.37. The summed E-state index contributed by atoms with van der Waals surface area (Å²) in [6.45, 7) is 0. The highest BCUT2D eigenvalue weighted by Gasteiger charge is 2.14. The summed E-state index contributed by atoms with van der Waals surface area (Å²) >= 11 is 1.85. The Morgan fingerprint density at radius 3 is 2.12 bits per heavy atom. The standard InChI is InChI=1S/C24H17NS/c1-3-9-17(10-4-1)19-15-16-21(25-18-11-5-2-6-12-18)24-23(19)20-13-7-8-14-22(20)26-24/h1-16,25H. The second-order valence-electron chi connectivity index (χ2n) is 6.32. The van der Waals surface area contributed by atoms with E-state index >= 15 is 0 Å². The molecule has 2 heteroatoms. The van der Waals surface area contributed by atoms with Crippen LogP contribution in [0.5, 0.6) is 0 Å². The van der Waals surface area contributed by atoms with Gasteiger partial charge in [-0.2, -0.15) is 0 Å². The van der Waals surface area contributed by atoms with Crippen molar-refractivity contribution < 1.29 is 0 Å². The molecule has 0 aliphatic rings. The Kier molecular flexibility index (Phi) is 3.69. The van der Waals surface area contributed by atoms with Crippen molar-refractivity contribution in [1.82, 2.24) is 0 Å². The molecule has 0 spiro atoms. The molecule has 0 unspecified atom stereocenters. The van der Waals surface area contributed by atoms with Crippen LogP contribution in [0.3, 0.4) is 0 Å². The lowest BCUT2D eigenvalue weighted by atomic mass is 9.99. The van der Waals surface area contributed by atoms with Gasteiger partial charge in [-0.25, -0.2) is 0 Å². The summed E-state index contributed by atoms with van der Waals surface area (Å²) in [7, 11) is 0. The molecule has 1 N–H and O–H groups in total. The average molecular weight is 351 g/mol. The Hall–Kier alpha value is -3.10. The van der Waals surface area contributed by atoms with Crippen LogP contribution < -0.4 is 5.32 Å². The Bertz CT molecular complexity index is 1190. The summed E-state index contributed by atoms with van der Waals surface area (Å²) in [5.41, 5.74) is 4.81. The molecule has 1 aromatic heterocycles. The van der Waals surface area contributed by atoms with Crippen LogP contribution in [0, 0.1) is 0 Å². The predicted octanol–water partition coefficient (Wildman–Crippen LogP) is 7.47. The summed E-state index contributed by atoms with van der Waals surface area (Å²) in [6.07, 6.45) is 0. The van der Waals surface area contributed by atoms with Crippen LogP contribution in [0.4, 0.5) is 11.4 Å². The fourth-order valence-electron chi connectivity index (χ4n) is 3.46. The molecular formula is C24H17NS. The third-order valence-electron chi connectivity index (χ3n) is 4.66.